The molecular weight excluding hydrogens is 225 g/mol. The van der Waals surface area contributed by atoms with Gasteiger partial charge in [0.2, 0.25) is 0 Å². The predicted molar refractivity (Wildman–Crippen MR) is 73.4 cm³/mol. The summed E-state index contributed by atoms with van der Waals surface area (Å²) >= 11 is 0. The molecule has 2 aromatic rings. The lowest BCUT2D eigenvalue weighted by molar-refractivity contribution is 0.627. The van der Waals surface area contributed by atoms with E-state index in [2.05, 4.69) is 23.5 Å². The molecular formula is C16H16FN. The SMILES string of the molecule is Cc1cc(F)ccc1-c1ccc2c(c1)CCCN2. The first-order chi connectivity index (χ1) is 8.74. The summed E-state index contributed by atoms with van der Waals surface area (Å²) in [5.41, 5.74) is 5.88. The summed E-state index contributed by atoms with van der Waals surface area (Å²) in [7, 11) is 0. The first-order valence-electron chi connectivity index (χ1n) is 6.37. The van der Waals surface area contributed by atoms with Crippen molar-refractivity contribution in [1.82, 2.24) is 0 Å². The van der Waals surface area contributed by atoms with Crippen LogP contribution in [0.1, 0.15) is 17.5 Å². The third-order valence-electron chi connectivity index (χ3n) is 3.54. The van der Waals surface area contributed by atoms with Crippen LogP contribution in [0.2, 0.25) is 0 Å². The fourth-order valence-electron chi connectivity index (χ4n) is 2.59. The maximum absolute atomic E-state index is 13.1. The third-order valence-corrected chi connectivity index (χ3v) is 3.54. The molecule has 0 unspecified atom stereocenters. The summed E-state index contributed by atoms with van der Waals surface area (Å²) in [4.78, 5) is 0. The Morgan fingerprint density at radius 3 is 2.83 bits per heavy atom. The van der Waals surface area contributed by atoms with Gasteiger partial charge in [-0.1, -0.05) is 12.1 Å². The Labute approximate surface area is 107 Å². The van der Waals surface area contributed by atoms with Crippen molar-refractivity contribution in [2.75, 3.05) is 11.9 Å². The van der Waals surface area contributed by atoms with Gasteiger partial charge in [-0.15, -0.1) is 0 Å². The molecule has 0 spiro atoms. The summed E-state index contributed by atoms with van der Waals surface area (Å²) in [6.07, 6.45) is 2.30. The Bertz CT molecular complexity index is 590. The zero-order valence-corrected chi connectivity index (χ0v) is 10.5. The number of anilines is 1. The average molecular weight is 241 g/mol. The average Bonchev–Trinajstić information content (AvgIpc) is 2.38. The lowest BCUT2D eigenvalue weighted by atomic mass is 9.95. The van der Waals surface area contributed by atoms with E-state index in [1.54, 1.807) is 6.07 Å². The minimum atomic E-state index is -0.170. The zero-order valence-electron chi connectivity index (χ0n) is 10.5. The van der Waals surface area contributed by atoms with Crippen LogP contribution in [0.3, 0.4) is 0 Å². The molecule has 1 heterocycles. The van der Waals surface area contributed by atoms with Gasteiger partial charge in [0.05, 0.1) is 0 Å². The number of hydrogen-bond acceptors (Lipinski definition) is 1. The van der Waals surface area contributed by atoms with Crippen molar-refractivity contribution >= 4 is 5.69 Å². The van der Waals surface area contributed by atoms with Crippen LogP contribution < -0.4 is 5.32 Å². The Balaban J connectivity index is 2.06. The van der Waals surface area contributed by atoms with E-state index in [9.17, 15) is 4.39 Å². The molecule has 0 bridgehead atoms. The Morgan fingerprint density at radius 1 is 1.11 bits per heavy atom. The summed E-state index contributed by atoms with van der Waals surface area (Å²) in [6, 6.07) is 11.4. The van der Waals surface area contributed by atoms with Gasteiger partial charge in [-0.2, -0.15) is 0 Å². The fourth-order valence-corrected chi connectivity index (χ4v) is 2.59. The molecule has 92 valence electrons. The highest BCUT2D eigenvalue weighted by Crippen LogP contribution is 2.30. The van der Waals surface area contributed by atoms with E-state index in [0.717, 1.165) is 24.1 Å². The second-order valence-corrected chi connectivity index (χ2v) is 4.86. The van der Waals surface area contributed by atoms with Crippen LogP contribution in [0.25, 0.3) is 11.1 Å². The highest BCUT2D eigenvalue weighted by molar-refractivity contribution is 5.71. The lowest BCUT2D eigenvalue weighted by Crippen LogP contribution is -2.11. The molecule has 1 N–H and O–H groups in total. The topological polar surface area (TPSA) is 12.0 Å². The van der Waals surface area contributed by atoms with Gasteiger partial charge < -0.3 is 5.32 Å². The number of nitrogens with one attached hydrogen (secondary N) is 1. The molecule has 0 saturated heterocycles. The second kappa shape index (κ2) is 4.45. The van der Waals surface area contributed by atoms with Crippen LogP contribution in [-0.2, 0) is 6.42 Å². The van der Waals surface area contributed by atoms with Crippen LogP contribution in [0, 0.1) is 12.7 Å². The van der Waals surface area contributed by atoms with Crippen molar-refractivity contribution in [3.8, 4) is 11.1 Å². The standard InChI is InChI=1S/C16H16FN/c1-11-9-14(17)5-6-15(11)12-4-7-16-13(10-12)3-2-8-18-16/h4-7,9-10,18H,2-3,8H2,1H3. The predicted octanol–water partition coefficient (Wildman–Crippen LogP) is 4.16. The highest BCUT2D eigenvalue weighted by Gasteiger charge is 2.10. The quantitative estimate of drug-likeness (QED) is 0.790. The normalized spacial score (nSPS) is 13.9. The number of fused-ring (bicyclic) bond motifs is 1. The van der Waals surface area contributed by atoms with E-state index in [1.165, 1.54) is 29.3 Å². The molecule has 2 heteroatoms. The zero-order chi connectivity index (χ0) is 12.5. The molecule has 0 fully saturated rings. The van der Waals surface area contributed by atoms with Crippen molar-refractivity contribution in [3.05, 3.63) is 53.3 Å². The van der Waals surface area contributed by atoms with Gasteiger partial charge in [0.25, 0.3) is 0 Å². The van der Waals surface area contributed by atoms with Crippen LogP contribution in [0.15, 0.2) is 36.4 Å². The second-order valence-electron chi connectivity index (χ2n) is 4.86. The van der Waals surface area contributed by atoms with Crippen molar-refractivity contribution in [3.63, 3.8) is 0 Å². The molecule has 0 amide bonds. The molecule has 0 radical (unpaired) electrons. The molecule has 1 aliphatic rings. The molecule has 0 aromatic heterocycles. The smallest absolute Gasteiger partial charge is 0.123 e. The molecule has 18 heavy (non-hydrogen) atoms. The van der Waals surface area contributed by atoms with Crippen molar-refractivity contribution < 1.29 is 4.39 Å². The Kier molecular flexibility index (Phi) is 2.78. The molecule has 1 nitrogen and oxygen atoms in total. The number of aryl methyl sites for hydroxylation is 2. The maximum atomic E-state index is 13.1. The first kappa shape index (κ1) is 11.3. The summed E-state index contributed by atoms with van der Waals surface area (Å²) in [6.45, 7) is 3.01. The van der Waals surface area contributed by atoms with E-state index < -0.39 is 0 Å². The summed E-state index contributed by atoms with van der Waals surface area (Å²) in [5, 5.41) is 3.41. The van der Waals surface area contributed by atoms with E-state index in [1.807, 2.05) is 13.0 Å². The first-order valence-corrected chi connectivity index (χ1v) is 6.37. The largest absolute Gasteiger partial charge is 0.385 e. The van der Waals surface area contributed by atoms with Crippen LogP contribution in [0.4, 0.5) is 10.1 Å². The van der Waals surface area contributed by atoms with Crippen molar-refractivity contribution in [2.45, 2.75) is 19.8 Å². The summed E-state index contributed by atoms with van der Waals surface area (Å²) < 4.78 is 13.1. The monoisotopic (exact) mass is 241 g/mol. The minimum absolute atomic E-state index is 0.170. The highest BCUT2D eigenvalue weighted by atomic mass is 19.1. The number of halogens is 1. The minimum Gasteiger partial charge on any atom is -0.385 e. The van der Waals surface area contributed by atoms with Gasteiger partial charge in [-0.05, 0) is 66.3 Å². The van der Waals surface area contributed by atoms with Gasteiger partial charge in [-0.3, -0.25) is 0 Å². The van der Waals surface area contributed by atoms with Gasteiger partial charge in [0.1, 0.15) is 5.82 Å². The molecule has 0 saturated carbocycles. The molecule has 2 aromatic carbocycles. The van der Waals surface area contributed by atoms with Crippen LogP contribution >= 0.6 is 0 Å². The molecule has 0 aliphatic carbocycles. The van der Waals surface area contributed by atoms with E-state index in [-0.39, 0.29) is 5.82 Å². The Hall–Kier alpha value is -1.83. The molecule has 1 aliphatic heterocycles. The van der Waals surface area contributed by atoms with E-state index >= 15 is 0 Å². The summed E-state index contributed by atoms with van der Waals surface area (Å²) in [5.74, 6) is -0.170. The van der Waals surface area contributed by atoms with Crippen molar-refractivity contribution in [2.24, 2.45) is 0 Å². The number of hydrogen-bond donors (Lipinski definition) is 1. The molecule has 0 atom stereocenters. The van der Waals surface area contributed by atoms with Gasteiger partial charge in [-0.25, -0.2) is 4.39 Å². The third kappa shape index (κ3) is 1.99. The number of rotatable bonds is 1. The van der Waals surface area contributed by atoms with Crippen LogP contribution in [-0.4, -0.2) is 6.54 Å². The van der Waals surface area contributed by atoms with Crippen LogP contribution in [0.5, 0.6) is 0 Å². The lowest BCUT2D eigenvalue weighted by Gasteiger charge is -2.19. The van der Waals surface area contributed by atoms with E-state index in [0.29, 0.717) is 0 Å². The maximum Gasteiger partial charge on any atom is 0.123 e. The molecule has 3 rings (SSSR count). The van der Waals surface area contributed by atoms with Crippen molar-refractivity contribution in [1.29, 1.82) is 0 Å². The van der Waals surface area contributed by atoms with Gasteiger partial charge in [0, 0.05) is 12.2 Å². The number of benzene rings is 2. The Morgan fingerprint density at radius 2 is 2.00 bits per heavy atom. The fraction of sp³-hybridized carbons (Fsp3) is 0.250. The van der Waals surface area contributed by atoms with Gasteiger partial charge in [0.15, 0.2) is 0 Å². The van der Waals surface area contributed by atoms with Gasteiger partial charge >= 0.3 is 0 Å². The van der Waals surface area contributed by atoms with E-state index in [4.69, 9.17) is 0 Å².